The molecule has 1 aliphatic carbocycles. The highest BCUT2D eigenvalue weighted by molar-refractivity contribution is 9.10. The second-order valence-corrected chi connectivity index (χ2v) is 5.54. The summed E-state index contributed by atoms with van der Waals surface area (Å²) in [4.78, 5) is 4.30. The van der Waals surface area contributed by atoms with Gasteiger partial charge in [-0.2, -0.15) is 4.98 Å². The van der Waals surface area contributed by atoms with Crippen LogP contribution in [0.4, 0.5) is 4.39 Å². The number of nitrogens with zero attached hydrogens (tertiary/aromatic N) is 2. The zero-order chi connectivity index (χ0) is 13.4. The minimum Gasteiger partial charge on any atom is -0.392 e. The molecule has 3 rings (SSSR count). The van der Waals surface area contributed by atoms with Crippen LogP contribution in [0.25, 0.3) is 11.4 Å². The Kier molecular flexibility index (Phi) is 3.36. The number of aliphatic hydroxyl groups is 1. The number of aliphatic hydroxyl groups excluding tert-OH is 1. The van der Waals surface area contributed by atoms with Gasteiger partial charge >= 0.3 is 0 Å². The molecule has 2 atom stereocenters. The molecule has 2 aromatic rings. The van der Waals surface area contributed by atoms with Crippen LogP contribution in [-0.2, 0) is 0 Å². The Hall–Kier alpha value is -1.27. The van der Waals surface area contributed by atoms with Gasteiger partial charge in [-0.15, -0.1) is 0 Å². The Morgan fingerprint density at radius 1 is 1.37 bits per heavy atom. The molecule has 1 aromatic heterocycles. The maximum absolute atomic E-state index is 13.2. The van der Waals surface area contributed by atoms with Crippen LogP contribution in [0.15, 0.2) is 27.2 Å². The summed E-state index contributed by atoms with van der Waals surface area (Å²) in [5.74, 6) is 0.457. The van der Waals surface area contributed by atoms with Crippen molar-refractivity contribution in [1.29, 1.82) is 0 Å². The van der Waals surface area contributed by atoms with E-state index in [1.165, 1.54) is 6.07 Å². The lowest BCUT2D eigenvalue weighted by Crippen LogP contribution is -2.11. The second kappa shape index (κ2) is 5.02. The van der Waals surface area contributed by atoms with E-state index in [9.17, 15) is 9.50 Å². The number of hydrogen-bond donors (Lipinski definition) is 1. The summed E-state index contributed by atoms with van der Waals surface area (Å²) in [5, 5.41) is 13.7. The molecule has 1 aromatic carbocycles. The summed E-state index contributed by atoms with van der Waals surface area (Å²) in [7, 11) is 0. The van der Waals surface area contributed by atoms with Crippen LogP contribution >= 0.6 is 15.9 Å². The molecule has 6 heteroatoms. The zero-order valence-electron chi connectivity index (χ0n) is 10.0. The van der Waals surface area contributed by atoms with Crippen molar-refractivity contribution in [1.82, 2.24) is 10.1 Å². The van der Waals surface area contributed by atoms with Gasteiger partial charge in [0.05, 0.1) is 16.5 Å². The van der Waals surface area contributed by atoms with Crippen molar-refractivity contribution >= 4 is 15.9 Å². The quantitative estimate of drug-likeness (QED) is 0.920. The lowest BCUT2D eigenvalue weighted by Gasteiger charge is -2.07. The Balaban J connectivity index is 1.90. The van der Waals surface area contributed by atoms with Gasteiger partial charge in [-0.25, -0.2) is 4.39 Å². The fourth-order valence-electron chi connectivity index (χ4n) is 2.37. The normalized spacial score (nSPS) is 22.9. The third-order valence-electron chi connectivity index (χ3n) is 3.42. The standard InChI is InChI=1S/C13H12BrFN2O2/c14-9-6-7(4-5-10(9)15)12-16-13(19-17-12)8-2-1-3-11(8)18/h4-6,8,11,18H,1-3H2. The highest BCUT2D eigenvalue weighted by Gasteiger charge is 2.31. The molecule has 0 spiro atoms. The first-order valence-electron chi connectivity index (χ1n) is 6.12. The molecule has 0 saturated heterocycles. The summed E-state index contributed by atoms with van der Waals surface area (Å²) in [5.41, 5.74) is 0.677. The summed E-state index contributed by atoms with van der Waals surface area (Å²) >= 11 is 3.12. The van der Waals surface area contributed by atoms with Gasteiger partial charge in [-0.1, -0.05) is 5.16 Å². The van der Waals surface area contributed by atoms with E-state index in [2.05, 4.69) is 26.1 Å². The Morgan fingerprint density at radius 3 is 2.89 bits per heavy atom. The third kappa shape index (κ3) is 2.42. The molecule has 0 radical (unpaired) electrons. The number of hydrogen-bond acceptors (Lipinski definition) is 4. The number of rotatable bonds is 2. The Bertz CT molecular complexity index is 602. The molecule has 4 nitrogen and oxygen atoms in total. The van der Waals surface area contributed by atoms with Gasteiger partial charge in [0.25, 0.3) is 0 Å². The van der Waals surface area contributed by atoms with Gasteiger partial charge in [-0.3, -0.25) is 0 Å². The number of halogens is 2. The highest BCUT2D eigenvalue weighted by Crippen LogP contribution is 2.34. The fraction of sp³-hybridized carbons (Fsp3) is 0.385. The van der Waals surface area contributed by atoms with Gasteiger partial charge in [0, 0.05) is 5.56 Å². The Labute approximate surface area is 117 Å². The van der Waals surface area contributed by atoms with Crippen LogP contribution < -0.4 is 0 Å². The first-order chi connectivity index (χ1) is 9.15. The molecule has 1 saturated carbocycles. The lowest BCUT2D eigenvalue weighted by atomic mass is 10.1. The molecule has 0 amide bonds. The van der Waals surface area contributed by atoms with Crippen molar-refractivity contribution in [3.8, 4) is 11.4 Å². The minimum atomic E-state index is -0.409. The predicted octanol–water partition coefficient (Wildman–Crippen LogP) is 3.27. The summed E-state index contributed by atoms with van der Waals surface area (Å²) in [6.07, 6.45) is 2.18. The van der Waals surface area contributed by atoms with Crippen LogP contribution in [0.2, 0.25) is 0 Å². The first-order valence-corrected chi connectivity index (χ1v) is 6.91. The maximum atomic E-state index is 13.2. The van der Waals surface area contributed by atoms with Gasteiger partial charge in [-0.05, 0) is 53.4 Å². The van der Waals surface area contributed by atoms with E-state index in [-0.39, 0.29) is 11.7 Å². The number of aromatic nitrogens is 2. The smallest absolute Gasteiger partial charge is 0.232 e. The van der Waals surface area contributed by atoms with Crippen LogP contribution in [0.3, 0.4) is 0 Å². The summed E-state index contributed by atoms with van der Waals surface area (Å²) in [6, 6.07) is 4.55. The topological polar surface area (TPSA) is 59.2 Å². The van der Waals surface area contributed by atoms with E-state index >= 15 is 0 Å². The molecule has 1 N–H and O–H groups in total. The van der Waals surface area contributed by atoms with Crippen molar-refractivity contribution in [2.75, 3.05) is 0 Å². The van der Waals surface area contributed by atoms with Gasteiger partial charge in [0.15, 0.2) is 0 Å². The van der Waals surface area contributed by atoms with E-state index < -0.39 is 6.10 Å². The van der Waals surface area contributed by atoms with Crippen LogP contribution in [0.1, 0.15) is 31.1 Å². The molecule has 1 aliphatic rings. The predicted molar refractivity (Wildman–Crippen MR) is 70.0 cm³/mol. The third-order valence-corrected chi connectivity index (χ3v) is 4.02. The van der Waals surface area contributed by atoms with E-state index in [4.69, 9.17) is 4.52 Å². The summed E-state index contributed by atoms with van der Waals surface area (Å²) < 4.78 is 18.7. The van der Waals surface area contributed by atoms with Gasteiger partial charge < -0.3 is 9.63 Å². The molecule has 0 bridgehead atoms. The van der Waals surface area contributed by atoms with Gasteiger partial charge in [0.1, 0.15) is 5.82 Å². The van der Waals surface area contributed by atoms with Crippen molar-refractivity contribution < 1.29 is 14.0 Å². The molecule has 0 aliphatic heterocycles. The Morgan fingerprint density at radius 2 is 2.21 bits per heavy atom. The molecule has 19 heavy (non-hydrogen) atoms. The molecule has 100 valence electrons. The van der Waals surface area contributed by atoms with Crippen molar-refractivity contribution in [3.63, 3.8) is 0 Å². The van der Waals surface area contributed by atoms with Crippen LogP contribution in [-0.4, -0.2) is 21.4 Å². The monoisotopic (exact) mass is 326 g/mol. The molecule has 2 unspecified atom stereocenters. The average molecular weight is 327 g/mol. The van der Waals surface area contributed by atoms with E-state index in [0.29, 0.717) is 21.8 Å². The van der Waals surface area contributed by atoms with Crippen molar-refractivity contribution in [3.05, 3.63) is 34.4 Å². The second-order valence-electron chi connectivity index (χ2n) is 4.69. The summed E-state index contributed by atoms with van der Waals surface area (Å²) in [6.45, 7) is 0. The minimum absolute atomic E-state index is 0.0786. The van der Waals surface area contributed by atoms with Crippen molar-refractivity contribution in [2.45, 2.75) is 31.3 Å². The van der Waals surface area contributed by atoms with Crippen LogP contribution in [0.5, 0.6) is 0 Å². The van der Waals surface area contributed by atoms with E-state index in [0.717, 1.165) is 19.3 Å². The average Bonchev–Trinajstić information content (AvgIpc) is 3.01. The molecular weight excluding hydrogens is 315 g/mol. The molecular formula is C13H12BrFN2O2. The first kappa shape index (κ1) is 12.7. The fourth-order valence-corrected chi connectivity index (χ4v) is 2.75. The largest absolute Gasteiger partial charge is 0.392 e. The van der Waals surface area contributed by atoms with Crippen LogP contribution in [0, 0.1) is 5.82 Å². The zero-order valence-corrected chi connectivity index (χ0v) is 11.6. The van der Waals surface area contributed by atoms with E-state index in [1.807, 2.05) is 0 Å². The SMILES string of the molecule is OC1CCCC1c1nc(-c2ccc(F)c(Br)c2)no1. The highest BCUT2D eigenvalue weighted by atomic mass is 79.9. The van der Waals surface area contributed by atoms with E-state index in [1.54, 1.807) is 12.1 Å². The molecule has 1 fully saturated rings. The number of benzene rings is 1. The maximum Gasteiger partial charge on any atom is 0.232 e. The lowest BCUT2D eigenvalue weighted by molar-refractivity contribution is 0.148. The van der Waals surface area contributed by atoms with Gasteiger partial charge in [0.2, 0.25) is 11.7 Å². The molecule has 1 heterocycles. The van der Waals surface area contributed by atoms with Crippen molar-refractivity contribution in [2.24, 2.45) is 0 Å².